The Bertz CT molecular complexity index is 770. The van der Waals surface area contributed by atoms with Crippen molar-refractivity contribution in [3.05, 3.63) is 28.3 Å². The van der Waals surface area contributed by atoms with Crippen LogP contribution in [0.2, 0.25) is 0 Å². The van der Waals surface area contributed by atoms with E-state index in [-0.39, 0.29) is 28.9 Å². The van der Waals surface area contributed by atoms with Crippen LogP contribution in [0.25, 0.3) is 0 Å². The Balaban J connectivity index is 1.25. The summed E-state index contributed by atoms with van der Waals surface area (Å²) in [6, 6.07) is 4.94. The molecule has 1 saturated carbocycles. The number of hydrogen-bond acceptors (Lipinski definition) is 7. The van der Waals surface area contributed by atoms with Crippen LogP contribution in [0.5, 0.6) is 0 Å². The fourth-order valence-electron chi connectivity index (χ4n) is 5.10. The third-order valence-electron chi connectivity index (χ3n) is 6.85. The largest absolute Gasteiger partial charge is 0.462 e. The Morgan fingerprint density at radius 1 is 1.17 bits per heavy atom. The number of esters is 1. The van der Waals surface area contributed by atoms with Crippen molar-refractivity contribution in [3.8, 4) is 0 Å². The number of hydrogen-bond donors (Lipinski definition) is 1. The minimum absolute atomic E-state index is 0.0442. The van der Waals surface area contributed by atoms with Gasteiger partial charge in [0.15, 0.2) is 0 Å². The average Bonchev–Trinajstić information content (AvgIpc) is 3.01. The molecule has 3 aliphatic rings. The van der Waals surface area contributed by atoms with Gasteiger partial charge in [-0.15, -0.1) is 0 Å². The molecule has 1 atom stereocenters. The Labute approximate surface area is 171 Å². The highest BCUT2D eigenvalue weighted by molar-refractivity contribution is 5.79. The van der Waals surface area contributed by atoms with Gasteiger partial charge < -0.3 is 15.4 Å². The standard InChI is InChI=1S/C21H30N4O4/c22-18-14-16(4-5-19(18)25(27)28)24-12-10-23(11-13-24)9-6-17-15-21(20(26)29-17)7-2-1-3-8-21/h4-5,14,17H,1-3,6-13,15,22H2/t17-/m1/s1. The quantitative estimate of drug-likeness (QED) is 0.350. The van der Waals surface area contributed by atoms with Crippen LogP contribution in [0.3, 0.4) is 0 Å². The molecule has 1 spiro atoms. The Morgan fingerprint density at radius 3 is 2.55 bits per heavy atom. The van der Waals surface area contributed by atoms with E-state index in [1.54, 1.807) is 12.1 Å². The minimum Gasteiger partial charge on any atom is -0.462 e. The molecule has 8 nitrogen and oxygen atoms in total. The normalized spacial score (nSPS) is 24.6. The third kappa shape index (κ3) is 4.17. The van der Waals surface area contributed by atoms with E-state index in [2.05, 4.69) is 9.80 Å². The van der Waals surface area contributed by atoms with E-state index in [9.17, 15) is 14.9 Å². The molecule has 2 aliphatic heterocycles. The van der Waals surface area contributed by atoms with Gasteiger partial charge in [-0.05, 0) is 31.4 Å². The molecule has 29 heavy (non-hydrogen) atoms. The molecule has 0 radical (unpaired) electrons. The Morgan fingerprint density at radius 2 is 1.90 bits per heavy atom. The number of cyclic esters (lactones) is 1. The molecule has 0 amide bonds. The zero-order chi connectivity index (χ0) is 20.4. The molecule has 1 aromatic rings. The van der Waals surface area contributed by atoms with Crippen molar-refractivity contribution in [2.45, 2.75) is 51.0 Å². The van der Waals surface area contributed by atoms with Gasteiger partial charge in [-0.1, -0.05) is 19.3 Å². The monoisotopic (exact) mass is 402 g/mol. The first-order valence-electron chi connectivity index (χ1n) is 10.7. The number of rotatable bonds is 5. The number of nitrogen functional groups attached to an aromatic ring is 1. The van der Waals surface area contributed by atoms with E-state index in [0.717, 1.165) is 76.9 Å². The summed E-state index contributed by atoms with van der Waals surface area (Å²) in [5.41, 5.74) is 6.72. The number of nitro benzene ring substituents is 1. The zero-order valence-corrected chi connectivity index (χ0v) is 16.8. The highest BCUT2D eigenvalue weighted by Crippen LogP contribution is 2.46. The van der Waals surface area contributed by atoms with Crippen LogP contribution >= 0.6 is 0 Å². The summed E-state index contributed by atoms with van der Waals surface area (Å²) in [5.74, 6) is 0.0442. The molecule has 158 valence electrons. The summed E-state index contributed by atoms with van der Waals surface area (Å²) < 4.78 is 5.73. The maximum atomic E-state index is 12.4. The van der Waals surface area contributed by atoms with Crippen LogP contribution in [0.1, 0.15) is 44.9 Å². The highest BCUT2D eigenvalue weighted by atomic mass is 16.6. The number of nitro groups is 1. The lowest BCUT2D eigenvalue weighted by Crippen LogP contribution is -2.47. The molecular weight excluding hydrogens is 372 g/mol. The molecular formula is C21H30N4O4. The van der Waals surface area contributed by atoms with Crippen LogP contribution in [0.15, 0.2) is 18.2 Å². The molecule has 2 N–H and O–H groups in total. The van der Waals surface area contributed by atoms with E-state index in [1.165, 1.54) is 12.5 Å². The van der Waals surface area contributed by atoms with Crippen molar-refractivity contribution >= 4 is 23.0 Å². The van der Waals surface area contributed by atoms with Gasteiger partial charge in [0.05, 0.1) is 10.3 Å². The minimum atomic E-state index is -0.454. The number of nitrogens with two attached hydrogens (primary N) is 1. The van der Waals surface area contributed by atoms with Crippen LogP contribution in [-0.4, -0.2) is 54.6 Å². The topological polar surface area (TPSA) is 102 Å². The number of piperazine rings is 1. The van der Waals surface area contributed by atoms with E-state index >= 15 is 0 Å². The Hall–Kier alpha value is -2.35. The molecule has 0 aromatic heterocycles. The molecule has 8 heteroatoms. The third-order valence-corrected chi connectivity index (χ3v) is 6.85. The second-order valence-electron chi connectivity index (χ2n) is 8.69. The molecule has 2 saturated heterocycles. The fraction of sp³-hybridized carbons (Fsp3) is 0.667. The van der Waals surface area contributed by atoms with Gasteiger partial charge in [-0.3, -0.25) is 19.8 Å². The average molecular weight is 402 g/mol. The number of carbonyl (C=O) groups is 1. The zero-order valence-electron chi connectivity index (χ0n) is 16.8. The summed E-state index contributed by atoms with van der Waals surface area (Å²) in [6.07, 6.45) is 7.40. The second-order valence-corrected chi connectivity index (χ2v) is 8.69. The highest BCUT2D eigenvalue weighted by Gasteiger charge is 2.48. The van der Waals surface area contributed by atoms with Crippen molar-refractivity contribution in [1.82, 2.24) is 4.90 Å². The summed E-state index contributed by atoms with van der Waals surface area (Å²) in [4.78, 5) is 27.5. The summed E-state index contributed by atoms with van der Waals surface area (Å²) in [6.45, 7) is 4.48. The molecule has 1 aromatic carbocycles. The van der Waals surface area contributed by atoms with Crippen molar-refractivity contribution in [2.24, 2.45) is 5.41 Å². The molecule has 2 heterocycles. The van der Waals surface area contributed by atoms with E-state index in [4.69, 9.17) is 10.5 Å². The first kappa shape index (κ1) is 19.9. The second kappa shape index (κ2) is 8.18. The first-order valence-corrected chi connectivity index (χ1v) is 10.7. The predicted molar refractivity (Wildman–Crippen MR) is 111 cm³/mol. The van der Waals surface area contributed by atoms with Crippen LogP contribution in [0, 0.1) is 15.5 Å². The maximum absolute atomic E-state index is 12.4. The Kier molecular flexibility index (Phi) is 5.63. The van der Waals surface area contributed by atoms with Crippen molar-refractivity contribution in [3.63, 3.8) is 0 Å². The number of nitrogens with zero attached hydrogens (tertiary/aromatic N) is 3. The summed E-state index contributed by atoms with van der Waals surface area (Å²) in [7, 11) is 0. The van der Waals surface area contributed by atoms with Crippen molar-refractivity contribution < 1.29 is 14.5 Å². The lowest BCUT2D eigenvalue weighted by Gasteiger charge is -2.36. The van der Waals surface area contributed by atoms with Crippen molar-refractivity contribution in [2.75, 3.05) is 43.4 Å². The molecule has 0 unspecified atom stereocenters. The van der Waals surface area contributed by atoms with Crippen molar-refractivity contribution in [1.29, 1.82) is 0 Å². The molecule has 1 aliphatic carbocycles. The van der Waals surface area contributed by atoms with Gasteiger partial charge in [0.1, 0.15) is 11.8 Å². The number of carbonyl (C=O) groups excluding carboxylic acids is 1. The van der Waals surface area contributed by atoms with Crippen LogP contribution in [0.4, 0.5) is 17.1 Å². The summed E-state index contributed by atoms with van der Waals surface area (Å²) in [5, 5.41) is 10.9. The lowest BCUT2D eigenvalue weighted by atomic mass is 9.72. The molecule has 0 bridgehead atoms. The van der Waals surface area contributed by atoms with E-state index < -0.39 is 4.92 Å². The van der Waals surface area contributed by atoms with E-state index in [1.807, 2.05) is 0 Å². The summed E-state index contributed by atoms with van der Waals surface area (Å²) >= 11 is 0. The SMILES string of the molecule is Nc1cc(N2CCN(CC[C@@H]3CC4(CCCCC4)C(=O)O3)CC2)ccc1[N+](=O)[O-]. The van der Waals surface area contributed by atoms with Crippen LogP contribution < -0.4 is 10.6 Å². The van der Waals surface area contributed by atoms with Gasteiger partial charge in [0.25, 0.3) is 5.69 Å². The van der Waals surface area contributed by atoms with Gasteiger partial charge in [-0.2, -0.15) is 0 Å². The first-order chi connectivity index (χ1) is 14.0. The predicted octanol–water partition coefficient (Wildman–Crippen LogP) is 2.96. The molecule has 3 fully saturated rings. The van der Waals surface area contributed by atoms with Crippen LogP contribution in [-0.2, 0) is 9.53 Å². The lowest BCUT2D eigenvalue weighted by molar-refractivity contribution is -0.383. The smallest absolute Gasteiger partial charge is 0.312 e. The maximum Gasteiger partial charge on any atom is 0.312 e. The fourth-order valence-corrected chi connectivity index (χ4v) is 5.10. The van der Waals surface area contributed by atoms with Gasteiger partial charge in [0.2, 0.25) is 0 Å². The van der Waals surface area contributed by atoms with Gasteiger partial charge >= 0.3 is 5.97 Å². The number of anilines is 2. The molecule has 4 rings (SSSR count). The van der Waals surface area contributed by atoms with Gasteiger partial charge in [-0.25, -0.2) is 0 Å². The van der Waals surface area contributed by atoms with Gasteiger partial charge in [0, 0.05) is 50.9 Å². The number of ether oxygens (including phenoxy) is 1. The number of benzene rings is 1. The van der Waals surface area contributed by atoms with E-state index in [0.29, 0.717) is 0 Å².